The quantitative estimate of drug-likeness (QED) is 0.690. The Labute approximate surface area is 99.2 Å². The van der Waals surface area contributed by atoms with Gasteiger partial charge in [-0.25, -0.2) is 0 Å². The van der Waals surface area contributed by atoms with Gasteiger partial charge >= 0.3 is 5.97 Å². The summed E-state index contributed by atoms with van der Waals surface area (Å²) in [5, 5.41) is 0. The third-order valence-electron chi connectivity index (χ3n) is 2.72. The van der Waals surface area contributed by atoms with Crippen molar-refractivity contribution < 1.29 is 9.53 Å². The van der Waals surface area contributed by atoms with Crippen molar-refractivity contribution in [3.05, 3.63) is 0 Å². The molecule has 1 saturated carbocycles. The first kappa shape index (κ1) is 13.3. The molecule has 0 saturated heterocycles. The third kappa shape index (κ3) is 3.92. The molecule has 1 atom stereocenters. The van der Waals surface area contributed by atoms with E-state index in [9.17, 15) is 4.79 Å². The minimum atomic E-state index is -0.144. The maximum Gasteiger partial charge on any atom is 0.302 e. The second kappa shape index (κ2) is 5.28. The number of carbonyl (C=O) groups is 1. The molecular weight excluding hydrogens is 267 g/mol. The maximum absolute atomic E-state index is 10.8. The van der Waals surface area contributed by atoms with Gasteiger partial charge in [-0.3, -0.25) is 4.79 Å². The van der Waals surface area contributed by atoms with Gasteiger partial charge in [0.25, 0.3) is 0 Å². The Morgan fingerprint density at radius 1 is 1.38 bits per heavy atom. The van der Waals surface area contributed by atoms with Gasteiger partial charge in [0.05, 0.1) is 0 Å². The van der Waals surface area contributed by atoms with Crippen LogP contribution in [0.1, 0.15) is 46.5 Å². The zero-order valence-electron chi connectivity index (χ0n) is 8.80. The van der Waals surface area contributed by atoms with Gasteiger partial charge in [0.1, 0.15) is 6.10 Å². The summed E-state index contributed by atoms with van der Waals surface area (Å²) in [4.78, 5) is 10.8. The van der Waals surface area contributed by atoms with Crippen LogP contribution in [0.25, 0.3) is 0 Å². The van der Waals surface area contributed by atoms with E-state index in [4.69, 9.17) is 4.74 Å². The van der Waals surface area contributed by atoms with Crippen molar-refractivity contribution in [2.24, 2.45) is 5.41 Å². The molecule has 0 aliphatic heterocycles. The predicted octanol–water partition coefficient (Wildman–Crippen LogP) is 2.14. The van der Waals surface area contributed by atoms with Crippen LogP contribution in [0.3, 0.4) is 0 Å². The van der Waals surface area contributed by atoms with E-state index >= 15 is 0 Å². The molecule has 0 aromatic carbocycles. The Bertz CT molecular complexity index is 178. The Balaban J connectivity index is 0.00000144. The topological polar surface area (TPSA) is 26.3 Å². The zero-order chi connectivity index (χ0) is 9.19. The number of esters is 1. The SMILES string of the molecule is CC(=O)OC1CCCCC1(C)C.[In]. The molecule has 0 aromatic heterocycles. The van der Waals surface area contributed by atoms with Crippen molar-refractivity contribution in [3.8, 4) is 0 Å². The molecule has 0 bridgehead atoms. The largest absolute Gasteiger partial charge is 0.462 e. The number of hydrogen-bond acceptors (Lipinski definition) is 2. The van der Waals surface area contributed by atoms with E-state index in [0.29, 0.717) is 0 Å². The molecule has 0 amide bonds. The molecule has 3 radical (unpaired) electrons. The van der Waals surface area contributed by atoms with Crippen molar-refractivity contribution in [2.45, 2.75) is 52.6 Å². The molecule has 2 nitrogen and oxygen atoms in total. The Morgan fingerprint density at radius 3 is 2.46 bits per heavy atom. The van der Waals surface area contributed by atoms with Gasteiger partial charge in [0.2, 0.25) is 0 Å². The summed E-state index contributed by atoms with van der Waals surface area (Å²) in [5.74, 6) is -0.144. The standard InChI is InChI=1S/C10H18O2.In/c1-8(11)12-9-6-4-5-7-10(9,2)3;/h9H,4-7H2,1-3H3;. The summed E-state index contributed by atoms with van der Waals surface area (Å²) < 4.78 is 5.27. The monoisotopic (exact) mass is 285 g/mol. The van der Waals surface area contributed by atoms with Crippen LogP contribution >= 0.6 is 0 Å². The minimum Gasteiger partial charge on any atom is -0.462 e. The van der Waals surface area contributed by atoms with Crippen LogP contribution in [0.2, 0.25) is 0 Å². The summed E-state index contributed by atoms with van der Waals surface area (Å²) in [6, 6.07) is 0. The molecule has 0 spiro atoms. The van der Waals surface area contributed by atoms with Crippen LogP contribution in [0.5, 0.6) is 0 Å². The first-order chi connectivity index (χ1) is 5.52. The molecule has 1 aliphatic carbocycles. The number of carbonyl (C=O) groups excluding carboxylic acids is 1. The fourth-order valence-electron chi connectivity index (χ4n) is 1.88. The van der Waals surface area contributed by atoms with Crippen molar-refractivity contribution in [3.63, 3.8) is 0 Å². The van der Waals surface area contributed by atoms with E-state index in [1.165, 1.54) is 26.2 Å². The van der Waals surface area contributed by atoms with Crippen molar-refractivity contribution in [1.29, 1.82) is 0 Å². The second-order valence-corrected chi connectivity index (χ2v) is 4.33. The number of hydrogen-bond donors (Lipinski definition) is 0. The number of rotatable bonds is 1. The molecule has 0 N–H and O–H groups in total. The number of ether oxygens (including phenoxy) is 1. The van der Waals surface area contributed by atoms with Gasteiger partial charge in [-0.15, -0.1) is 0 Å². The summed E-state index contributed by atoms with van der Waals surface area (Å²) >= 11 is 0. The molecule has 1 rings (SSSR count). The summed E-state index contributed by atoms with van der Waals surface area (Å²) in [7, 11) is 0. The molecule has 3 heteroatoms. The Morgan fingerprint density at radius 2 is 2.00 bits per heavy atom. The van der Waals surface area contributed by atoms with Gasteiger partial charge in [0.15, 0.2) is 0 Å². The molecule has 13 heavy (non-hydrogen) atoms. The van der Waals surface area contributed by atoms with Crippen LogP contribution < -0.4 is 0 Å². The van der Waals surface area contributed by atoms with Gasteiger partial charge in [-0.1, -0.05) is 20.3 Å². The average molecular weight is 285 g/mol. The van der Waals surface area contributed by atoms with E-state index in [1.54, 1.807) is 0 Å². The van der Waals surface area contributed by atoms with E-state index in [0.717, 1.165) is 6.42 Å². The first-order valence-corrected chi connectivity index (χ1v) is 4.69. The Kier molecular flexibility index (Phi) is 5.42. The van der Waals surface area contributed by atoms with Crippen LogP contribution in [-0.4, -0.2) is 37.9 Å². The fourth-order valence-corrected chi connectivity index (χ4v) is 1.88. The maximum atomic E-state index is 10.8. The average Bonchev–Trinajstić information content (AvgIpc) is 1.92. The van der Waals surface area contributed by atoms with Crippen LogP contribution in [0.15, 0.2) is 0 Å². The van der Waals surface area contributed by atoms with E-state index in [2.05, 4.69) is 13.8 Å². The van der Waals surface area contributed by atoms with Crippen LogP contribution in [0, 0.1) is 5.41 Å². The normalized spacial score (nSPS) is 25.9. The molecule has 73 valence electrons. The zero-order valence-corrected chi connectivity index (χ0v) is 12.1. The van der Waals surface area contributed by atoms with Gasteiger partial charge in [-0.2, -0.15) is 0 Å². The van der Waals surface area contributed by atoms with Crippen molar-refractivity contribution in [1.82, 2.24) is 0 Å². The predicted molar refractivity (Wildman–Crippen MR) is 53.6 cm³/mol. The summed E-state index contributed by atoms with van der Waals surface area (Å²) in [6.07, 6.45) is 4.81. The van der Waals surface area contributed by atoms with E-state index in [1.807, 2.05) is 0 Å². The second-order valence-electron chi connectivity index (χ2n) is 4.33. The van der Waals surface area contributed by atoms with Gasteiger partial charge in [0, 0.05) is 38.2 Å². The van der Waals surface area contributed by atoms with E-state index in [-0.39, 0.29) is 43.3 Å². The van der Waals surface area contributed by atoms with Crippen molar-refractivity contribution in [2.75, 3.05) is 0 Å². The molecule has 0 aromatic rings. The molecular formula is C10H18InO2. The molecule has 1 fully saturated rings. The van der Waals surface area contributed by atoms with Gasteiger partial charge in [-0.05, 0) is 19.3 Å². The van der Waals surface area contributed by atoms with E-state index < -0.39 is 0 Å². The third-order valence-corrected chi connectivity index (χ3v) is 2.72. The van der Waals surface area contributed by atoms with Crippen LogP contribution in [-0.2, 0) is 9.53 Å². The fraction of sp³-hybridized carbons (Fsp3) is 0.900. The first-order valence-electron chi connectivity index (χ1n) is 4.69. The minimum absolute atomic E-state index is 0. The summed E-state index contributed by atoms with van der Waals surface area (Å²) in [6.45, 7) is 5.85. The molecule has 1 unspecified atom stereocenters. The Hall–Kier alpha value is 0.340. The summed E-state index contributed by atoms with van der Waals surface area (Å²) in [5.41, 5.74) is 0.184. The molecule has 0 heterocycles. The smallest absolute Gasteiger partial charge is 0.302 e. The van der Waals surface area contributed by atoms with Crippen molar-refractivity contribution >= 4 is 31.8 Å². The van der Waals surface area contributed by atoms with Gasteiger partial charge < -0.3 is 4.74 Å². The molecule has 1 aliphatic rings. The van der Waals surface area contributed by atoms with Crippen LogP contribution in [0.4, 0.5) is 0 Å².